The Kier molecular flexibility index (Phi) is 6.62. The third kappa shape index (κ3) is 4.28. The van der Waals surface area contributed by atoms with E-state index < -0.39 is 23.8 Å². The summed E-state index contributed by atoms with van der Waals surface area (Å²) in [5, 5.41) is 25.1. The number of aliphatic carboxylic acids is 1. The van der Waals surface area contributed by atoms with Gasteiger partial charge in [0.15, 0.2) is 5.66 Å². The molecule has 0 aromatic heterocycles. The maximum Gasteiger partial charge on any atom is 0.346 e. The van der Waals surface area contributed by atoms with Gasteiger partial charge in [-0.2, -0.15) is 0 Å². The summed E-state index contributed by atoms with van der Waals surface area (Å²) in [7, 11) is -2.76. The van der Waals surface area contributed by atoms with Gasteiger partial charge in [0.25, 0.3) is 5.69 Å². The van der Waals surface area contributed by atoms with Crippen LogP contribution in [0, 0.1) is 10.1 Å². The Bertz CT molecular complexity index is 1150. The number of nitro benzene ring substituents is 1. The highest BCUT2D eigenvalue weighted by Gasteiger charge is 2.56. The van der Waals surface area contributed by atoms with Gasteiger partial charge >= 0.3 is 5.97 Å². The molecular formula is C27H23NO4P+. The summed E-state index contributed by atoms with van der Waals surface area (Å²) in [4.78, 5) is 24.3. The number of rotatable bonds is 8. The van der Waals surface area contributed by atoms with Crippen molar-refractivity contribution in [1.29, 1.82) is 0 Å². The SMILES string of the molecule is O=C(O)C(Cc1ccccc1[N+](=O)[O-])[P+](c1ccccc1)(c1ccccc1)c1ccccc1. The van der Waals surface area contributed by atoms with Crippen LogP contribution in [0.3, 0.4) is 0 Å². The molecule has 0 aliphatic heterocycles. The van der Waals surface area contributed by atoms with Gasteiger partial charge in [-0.3, -0.25) is 10.1 Å². The predicted octanol–water partition coefficient (Wildman–Crippen LogP) is 4.58. The lowest BCUT2D eigenvalue weighted by Gasteiger charge is -2.32. The Labute approximate surface area is 192 Å². The molecule has 0 amide bonds. The van der Waals surface area contributed by atoms with E-state index in [0.29, 0.717) is 5.56 Å². The summed E-state index contributed by atoms with van der Waals surface area (Å²) in [5.74, 6) is -0.974. The van der Waals surface area contributed by atoms with Gasteiger partial charge < -0.3 is 5.11 Å². The first-order valence-electron chi connectivity index (χ1n) is 10.6. The fourth-order valence-electron chi connectivity index (χ4n) is 4.44. The van der Waals surface area contributed by atoms with Crippen molar-refractivity contribution < 1.29 is 14.8 Å². The van der Waals surface area contributed by atoms with Crippen LogP contribution in [-0.2, 0) is 11.2 Å². The highest BCUT2D eigenvalue weighted by atomic mass is 31.2. The lowest BCUT2D eigenvalue weighted by Crippen LogP contribution is -2.43. The summed E-state index contributed by atoms with van der Waals surface area (Å²) < 4.78 is 0. The molecule has 1 atom stereocenters. The normalized spacial score (nSPS) is 12.1. The predicted molar refractivity (Wildman–Crippen MR) is 133 cm³/mol. The molecule has 5 nitrogen and oxygen atoms in total. The van der Waals surface area contributed by atoms with E-state index in [4.69, 9.17) is 0 Å². The highest BCUT2D eigenvalue weighted by molar-refractivity contribution is 7.96. The first-order chi connectivity index (χ1) is 16.0. The zero-order valence-electron chi connectivity index (χ0n) is 17.8. The summed E-state index contributed by atoms with van der Waals surface area (Å²) in [6.45, 7) is 0. The summed E-state index contributed by atoms with van der Waals surface area (Å²) >= 11 is 0. The van der Waals surface area contributed by atoms with Gasteiger partial charge in [0.2, 0.25) is 0 Å². The summed E-state index contributed by atoms with van der Waals surface area (Å²) in [6.07, 6.45) is 0.0406. The minimum absolute atomic E-state index is 0.0406. The number of carboxylic acid groups (broad SMARTS) is 1. The fourth-order valence-corrected chi connectivity index (χ4v) is 9.14. The first kappa shape index (κ1) is 22.4. The number of benzene rings is 4. The molecule has 0 aliphatic carbocycles. The zero-order valence-corrected chi connectivity index (χ0v) is 18.7. The molecule has 0 aliphatic rings. The molecule has 0 spiro atoms. The molecular weight excluding hydrogens is 433 g/mol. The Morgan fingerprint density at radius 1 is 0.727 bits per heavy atom. The minimum atomic E-state index is -2.76. The van der Waals surface area contributed by atoms with E-state index in [0.717, 1.165) is 15.9 Å². The number of nitro groups is 1. The molecule has 0 saturated carbocycles. The van der Waals surface area contributed by atoms with Gasteiger partial charge in [0.05, 0.1) is 4.92 Å². The van der Waals surface area contributed by atoms with Crippen molar-refractivity contribution >= 4 is 34.8 Å². The molecule has 4 rings (SSSR count). The van der Waals surface area contributed by atoms with Crippen LogP contribution < -0.4 is 15.9 Å². The van der Waals surface area contributed by atoms with Crippen LogP contribution in [0.15, 0.2) is 115 Å². The second-order valence-electron chi connectivity index (χ2n) is 7.67. The van der Waals surface area contributed by atoms with E-state index in [1.165, 1.54) is 6.07 Å². The molecule has 6 heteroatoms. The number of carbonyl (C=O) groups is 1. The highest BCUT2D eigenvalue weighted by Crippen LogP contribution is 2.60. The molecule has 33 heavy (non-hydrogen) atoms. The molecule has 0 saturated heterocycles. The smallest absolute Gasteiger partial charge is 0.346 e. The Morgan fingerprint density at radius 3 is 1.52 bits per heavy atom. The Balaban J connectivity index is 2.04. The van der Waals surface area contributed by atoms with Crippen molar-refractivity contribution in [3.63, 3.8) is 0 Å². The van der Waals surface area contributed by atoms with Crippen LogP contribution in [0.2, 0.25) is 0 Å². The van der Waals surface area contributed by atoms with Crippen molar-refractivity contribution in [3.8, 4) is 0 Å². The Hall–Kier alpha value is -3.82. The number of carboxylic acids is 1. The van der Waals surface area contributed by atoms with Gasteiger partial charge in [0.1, 0.15) is 23.2 Å². The zero-order chi connectivity index (χ0) is 23.3. The molecule has 4 aromatic carbocycles. The molecule has 164 valence electrons. The maximum absolute atomic E-state index is 13.0. The van der Waals surface area contributed by atoms with E-state index in [1.54, 1.807) is 18.2 Å². The lowest BCUT2D eigenvalue weighted by atomic mass is 10.1. The average Bonchev–Trinajstić information content (AvgIpc) is 2.86. The van der Waals surface area contributed by atoms with Crippen LogP contribution in [0.5, 0.6) is 0 Å². The number of para-hydroxylation sites is 1. The van der Waals surface area contributed by atoms with E-state index in [-0.39, 0.29) is 12.1 Å². The standard InChI is InChI=1S/C27H22NO4P/c29-27(30)26(20-21-12-10-11-19-25(21)28(31)32)33(22-13-4-1-5-14-22,23-15-6-2-7-16-23)24-17-8-3-9-18-24/h1-19,26H,20H2/p+1. The van der Waals surface area contributed by atoms with E-state index in [9.17, 15) is 20.0 Å². The average molecular weight is 456 g/mol. The number of nitrogens with zero attached hydrogens (tertiary/aromatic N) is 1. The van der Waals surface area contributed by atoms with Crippen LogP contribution in [0.4, 0.5) is 5.69 Å². The van der Waals surface area contributed by atoms with Gasteiger partial charge in [0, 0.05) is 18.1 Å². The fraction of sp³-hybridized carbons (Fsp3) is 0.0741. The van der Waals surface area contributed by atoms with Crippen LogP contribution >= 0.6 is 7.26 Å². The van der Waals surface area contributed by atoms with Crippen molar-refractivity contribution in [2.75, 3.05) is 0 Å². The van der Waals surface area contributed by atoms with Crippen molar-refractivity contribution in [2.24, 2.45) is 0 Å². The molecule has 0 bridgehead atoms. The van der Waals surface area contributed by atoms with Gasteiger partial charge in [-0.1, -0.05) is 72.8 Å². The van der Waals surface area contributed by atoms with E-state index in [2.05, 4.69) is 0 Å². The lowest BCUT2D eigenvalue weighted by molar-refractivity contribution is -0.385. The monoisotopic (exact) mass is 456 g/mol. The summed E-state index contributed by atoms with van der Waals surface area (Å²) in [6, 6.07) is 35.5. The van der Waals surface area contributed by atoms with Gasteiger partial charge in [-0.05, 0) is 36.4 Å². The van der Waals surface area contributed by atoms with Crippen LogP contribution in [-0.4, -0.2) is 21.7 Å². The van der Waals surface area contributed by atoms with Crippen molar-refractivity contribution in [3.05, 3.63) is 131 Å². The quantitative estimate of drug-likeness (QED) is 0.239. The van der Waals surface area contributed by atoms with Crippen LogP contribution in [0.1, 0.15) is 5.56 Å². The molecule has 0 radical (unpaired) electrons. The van der Waals surface area contributed by atoms with Crippen molar-refractivity contribution in [2.45, 2.75) is 12.1 Å². The van der Waals surface area contributed by atoms with Crippen molar-refractivity contribution in [1.82, 2.24) is 0 Å². The third-order valence-electron chi connectivity index (χ3n) is 5.84. The van der Waals surface area contributed by atoms with E-state index in [1.807, 2.05) is 91.0 Å². The second-order valence-corrected chi connectivity index (χ2v) is 11.3. The third-order valence-corrected chi connectivity index (χ3v) is 10.5. The maximum atomic E-state index is 13.0. The molecule has 4 aromatic rings. The van der Waals surface area contributed by atoms with Gasteiger partial charge in [-0.15, -0.1) is 0 Å². The summed E-state index contributed by atoms with van der Waals surface area (Å²) in [5.41, 5.74) is -0.538. The molecule has 1 unspecified atom stereocenters. The number of hydrogen-bond acceptors (Lipinski definition) is 3. The van der Waals surface area contributed by atoms with Gasteiger partial charge in [-0.25, -0.2) is 4.79 Å². The largest absolute Gasteiger partial charge is 0.478 e. The molecule has 0 heterocycles. The molecule has 0 fully saturated rings. The second kappa shape index (κ2) is 9.76. The molecule has 1 N–H and O–H groups in total. The first-order valence-corrected chi connectivity index (χ1v) is 12.4. The Morgan fingerprint density at radius 2 is 1.12 bits per heavy atom. The number of hydrogen-bond donors (Lipinski definition) is 1. The minimum Gasteiger partial charge on any atom is -0.478 e. The van der Waals surface area contributed by atoms with Crippen LogP contribution in [0.25, 0.3) is 0 Å². The topological polar surface area (TPSA) is 80.4 Å². The van der Waals surface area contributed by atoms with E-state index >= 15 is 0 Å².